The van der Waals surface area contributed by atoms with E-state index in [1.165, 1.54) is 70.1 Å². The summed E-state index contributed by atoms with van der Waals surface area (Å²) in [5.41, 5.74) is 1.38. The average Bonchev–Trinajstić information content (AvgIpc) is 2.55. The Morgan fingerprint density at radius 1 is 0.905 bits per heavy atom. The molecule has 0 N–H and O–H groups in total. The van der Waals surface area contributed by atoms with Crippen LogP contribution < -0.4 is 4.74 Å². The fourth-order valence-corrected chi connectivity index (χ4v) is 2.99. The molecule has 0 radical (unpaired) electrons. The molecule has 0 bridgehead atoms. The zero-order chi connectivity index (χ0) is 14.8. The first kappa shape index (κ1) is 16.4. The summed E-state index contributed by atoms with van der Waals surface area (Å²) in [4.78, 5) is 2.63. The fourth-order valence-electron chi connectivity index (χ4n) is 2.99. The van der Waals surface area contributed by atoms with Gasteiger partial charge in [-0.3, -0.25) is 0 Å². The Bertz CT molecular complexity index is 368. The van der Waals surface area contributed by atoms with Gasteiger partial charge in [0.15, 0.2) is 0 Å². The molecule has 1 aromatic carbocycles. The summed E-state index contributed by atoms with van der Waals surface area (Å²) < 4.78 is 5.79. The first-order valence-electron chi connectivity index (χ1n) is 8.82. The number of ether oxygens (including phenoxy) is 1. The van der Waals surface area contributed by atoms with Crippen molar-refractivity contribution in [3.63, 3.8) is 0 Å². The molecule has 2 heteroatoms. The highest BCUT2D eigenvalue weighted by atomic mass is 16.5. The topological polar surface area (TPSA) is 12.5 Å². The summed E-state index contributed by atoms with van der Waals surface area (Å²) >= 11 is 0. The maximum Gasteiger partial charge on any atom is 0.119 e. The zero-order valence-electron chi connectivity index (χ0n) is 13.7. The lowest BCUT2D eigenvalue weighted by molar-refractivity contribution is 0.223. The van der Waals surface area contributed by atoms with Crippen molar-refractivity contribution < 1.29 is 4.74 Å². The maximum atomic E-state index is 5.79. The second-order valence-electron chi connectivity index (χ2n) is 6.16. The number of nitrogens with zero attached hydrogens (tertiary/aromatic N) is 1. The Morgan fingerprint density at radius 2 is 1.62 bits per heavy atom. The van der Waals surface area contributed by atoms with Crippen molar-refractivity contribution in [2.24, 2.45) is 0 Å². The van der Waals surface area contributed by atoms with Gasteiger partial charge in [-0.05, 0) is 69.4 Å². The molecule has 0 saturated carbocycles. The number of hydrogen-bond donors (Lipinski definition) is 0. The molecule has 0 unspecified atom stereocenters. The van der Waals surface area contributed by atoms with Crippen molar-refractivity contribution in [2.45, 2.75) is 58.3 Å². The van der Waals surface area contributed by atoms with Gasteiger partial charge in [0, 0.05) is 0 Å². The van der Waals surface area contributed by atoms with E-state index in [1.807, 2.05) is 0 Å². The molecule has 1 aliphatic heterocycles. The molecule has 0 spiro atoms. The summed E-state index contributed by atoms with van der Waals surface area (Å²) in [6.45, 7) is 7.00. The lowest BCUT2D eigenvalue weighted by atomic mass is 10.1. The Balaban J connectivity index is 1.46. The van der Waals surface area contributed by atoms with Gasteiger partial charge in [0.25, 0.3) is 0 Å². The fraction of sp³-hybridized carbons (Fsp3) is 0.684. The number of likely N-dealkylation sites (tertiary alicyclic amines) is 1. The number of rotatable bonds is 9. The predicted molar refractivity (Wildman–Crippen MR) is 90.1 cm³/mol. The highest BCUT2D eigenvalue weighted by molar-refractivity contribution is 5.27. The monoisotopic (exact) mass is 289 g/mol. The normalized spacial score (nSPS) is 16.0. The maximum absolute atomic E-state index is 5.79. The van der Waals surface area contributed by atoms with Gasteiger partial charge in [0.05, 0.1) is 6.61 Å². The van der Waals surface area contributed by atoms with Crippen molar-refractivity contribution >= 4 is 0 Å². The molecule has 1 heterocycles. The third-order valence-electron chi connectivity index (χ3n) is 4.42. The predicted octanol–water partition coefficient (Wildman–Crippen LogP) is 4.67. The standard InChI is InChI=1S/C19H31NO/c1-2-18-10-12-19(13-11-18)21-17-9-4-3-6-14-20-15-7-5-8-16-20/h10-13H,2-9,14-17H2,1H3. The molecule has 1 aliphatic rings. The van der Waals surface area contributed by atoms with Crippen LogP contribution in [0.25, 0.3) is 0 Å². The van der Waals surface area contributed by atoms with E-state index in [0.717, 1.165) is 18.8 Å². The smallest absolute Gasteiger partial charge is 0.119 e. The molecular formula is C19H31NO. The number of aryl methyl sites for hydroxylation is 1. The summed E-state index contributed by atoms with van der Waals surface area (Å²) in [7, 11) is 0. The Kier molecular flexibility index (Phi) is 7.66. The molecule has 0 aromatic heterocycles. The molecule has 0 aliphatic carbocycles. The average molecular weight is 289 g/mol. The van der Waals surface area contributed by atoms with Crippen LogP contribution in [0.3, 0.4) is 0 Å². The first-order chi connectivity index (χ1) is 10.4. The molecule has 0 atom stereocenters. The minimum absolute atomic E-state index is 0.856. The van der Waals surface area contributed by atoms with Crippen LogP contribution in [0.15, 0.2) is 24.3 Å². The second-order valence-corrected chi connectivity index (χ2v) is 6.16. The Morgan fingerprint density at radius 3 is 2.33 bits per heavy atom. The first-order valence-corrected chi connectivity index (χ1v) is 8.82. The summed E-state index contributed by atoms with van der Waals surface area (Å²) in [5, 5.41) is 0. The van der Waals surface area contributed by atoms with Crippen LogP contribution in [0.2, 0.25) is 0 Å². The van der Waals surface area contributed by atoms with Crippen LogP contribution in [-0.4, -0.2) is 31.1 Å². The molecule has 2 rings (SSSR count). The van der Waals surface area contributed by atoms with E-state index in [0.29, 0.717) is 0 Å². The van der Waals surface area contributed by atoms with Crippen LogP contribution in [0.5, 0.6) is 5.75 Å². The molecule has 1 saturated heterocycles. The van der Waals surface area contributed by atoms with Gasteiger partial charge in [0.2, 0.25) is 0 Å². The number of unbranched alkanes of at least 4 members (excludes halogenated alkanes) is 3. The Hall–Kier alpha value is -1.02. The SMILES string of the molecule is CCc1ccc(OCCCCCCN2CCCCC2)cc1. The quantitative estimate of drug-likeness (QED) is 0.612. The molecule has 118 valence electrons. The van der Waals surface area contributed by atoms with Crippen LogP contribution in [0.4, 0.5) is 0 Å². The van der Waals surface area contributed by atoms with Gasteiger partial charge < -0.3 is 9.64 Å². The van der Waals surface area contributed by atoms with Crippen LogP contribution in [0, 0.1) is 0 Å². The third kappa shape index (κ3) is 6.52. The van der Waals surface area contributed by atoms with E-state index in [2.05, 4.69) is 36.1 Å². The van der Waals surface area contributed by atoms with E-state index in [4.69, 9.17) is 4.74 Å². The van der Waals surface area contributed by atoms with Crippen molar-refractivity contribution in [1.29, 1.82) is 0 Å². The van der Waals surface area contributed by atoms with E-state index < -0.39 is 0 Å². The molecule has 2 nitrogen and oxygen atoms in total. The van der Waals surface area contributed by atoms with Gasteiger partial charge in [-0.25, -0.2) is 0 Å². The molecule has 21 heavy (non-hydrogen) atoms. The number of benzene rings is 1. The van der Waals surface area contributed by atoms with E-state index in [-0.39, 0.29) is 0 Å². The number of hydrogen-bond acceptors (Lipinski definition) is 2. The van der Waals surface area contributed by atoms with Gasteiger partial charge >= 0.3 is 0 Å². The minimum Gasteiger partial charge on any atom is -0.494 e. The minimum atomic E-state index is 0.856. The lowest BCUT2D eigenvalue weighted by Crippen LogP contribution is -2.30. The molecule has 1 aromatic rings. The summed E-state index contributed by atoms with van der Waals surface area (Å²) in [6.07, 6.45) is 10.5. The van der Waals surface area contributed by atoms with Crippen LogP contribution in [-0.2, 0) is 6.42 Å². The molecule has 1 fully saturated rings. The summed E-state index contributed by atoms with van der Waals surface area (Å²) in [5.74, 6) is 1.01. The van der Waals surface area contributed by atoms with Crippen molar-refractivity contribution in [2.75, 3.05) is 26.2 Å². The van der Waals surface area contributed by atoms with Gasteiger partial charge in [-0.2, -0.15) is 0 Å². The van der Waals surface area contributed by atoms with Crippen LogP contribution >= 0.6 is 0 Å². The van der Waals surface area contributed by atoms with Crippen molar-refractivity contribution in [3.8, 4) is 5.75 Å². The van der Waals surface area contributed by atoms with E-state index >= 15 is 0 Å². The zero-order valence-corrected chi connectivity index (χ0v) is 13.7. The lowest BCUT2D eigenvalue weighted by Gasteiger charge is -2.26. The molecular weight excluding hydrogens is 258 g/mol. The van der Waals surface area contributed by atoms with E-state index in [1.54, 1.807) is 0 Å². The number of piperidine rings is 1. The van der Waals surface area contributed by atoms with Crippen molar-refractivity contribution in [3.05, 3.63) is 29.8 Å². The Labute approximate surface area is 130 Å². The second kappa shape index (κ2) is 9.83. The third-order valence-corrected chi connectivity index (χ3v) is 4.42. The summed E-state index contributed by atoms with van der Waals surface area (Å²) in [6, 6.07) is 8.51. The highest BCUT2D eigenvalue weighted by Gasteiger charge is 2.08. The largest absolute Gasteiger partial charge is 0.494 e. The highest BCUT2D eigenvalue weighted by Crippen LogP contribution is 2.14. The van der Waals surface area contributed by atoms with Crippen molar-refractivity contribution in [1.82, 2.24) is 4.90 Å². The van der Waals surface area contributed by atoms with Gasteiger partial charge in [-0.15, -0.1) is 0 Å². The molecule has 0 amide bonds. The van der Waals surface area contributed by atoms with Gasteiger partial charge in [0.1, 0.15) is 5.75 Å². The van der Waals surface area contributed by atoms with Gasteiger partial charge in [-0.1, -0.05) is 38.3 Å². The van der Waals surface area contributed by atoms with Crippen LogP contribution in [0.1, 0.15) is 57.4 Å². The van der Waals surface area contributed by atoms with E-state index in [9.17, 15) is 0 Å².